The number of rotatable bonds is 2. The van der Waals surface area contributed by atoms with Crippen molar-refractivity contribution in [2.45, 2.75) is 0 Å². The van der Waals surface area contributed by atoms with Crippen molar-refractivity contribution in [3.8, 4) is 0 Å². The van der Waals surface area contributed by atoms with Crippen LogP contribution in [0, 0.1) is 5.82 Å². The van der Waals surface area contributed by atoms with E-state index in [1.807, 2.05) is 0 Å². The van der Waals surface area contributed by atoms with Crippen molar-refractivity contribution >= 4 is 5.76 Å². The minimum Gasteiger partial charge on any atom is -0.497 e. The first-order valence-corrected chi connectivity index (χ1v) is 3.65. The van der Waals surface area contributed by atoms with Crippen LogP contribution in [-0.2, 0) is 11.8 Å². The third kappa shape index (κ3) is 1.77. The van der Waals surface area contributed by atoms with Crippen molar-refractivity contribution in [3.63, 3.8) is 0 Å². The quantitative estimate of drug-likeness (QED) is 0.644. The molecule has 0 aliphatic rings. The zero-order valence-corrected chi connectivity index (χ0v) is 7.50. The van der Waals surface area contributed by atoms with E-state index in [-0.39, 0.29) is 0 Å². The summed E-state index contributed by atoms with van der Waals surface area (Å²) in [6, 6.07) is 1.11. The van der Waals surface area contributed by atoms with E-state index >= 15 is 0 Å². The van der Waals surface area contributed by atoms with E-state index < -0.39 is 11.4 Å². The van der Waals surface area contributed by atoms with E-state index in [0.717, 1.165) is 10.6 Å². The Hall–Kier alpha value is -1.58. The van der Waals surface area contributed by atoms with Crippen molar-refractivity contribution in [2.75, 3.05) is 7.11 Å². The molecule has 4 heteroatoms. The number of methoxy groups -OCH3 is 1. The zero-order chi connectivity index (χ0) is 10.0. The smallest absolute Gasteiger partial charge is 0.286 e. The summed E-state index contributed by atoms with van der Waals surface area (Å²) in [5.74, 6) is -0.479. The highest BCUT2D eigenvalue weighted by molar-refractivity contribution is 5.56. The molecule has 0 aromatic carbocycles. The fourth-order valence-electron chi connectivity index (χ4n) is 0.942. The SMILES string of the molecule is C=C(OC)c1cc(F)c(=O)n(C)c1. The Labute approximate surface area is 75.1 Å². The van der Waals surface area contributed by atoms with E-state index in [9.17, 15) is 9.18 Å². The Morgan fingerprint density at radius 3 is 2.77 bits per heavy atom. The van der Waals surface area contributed by atoms with Crippen LogP contribution in [0.4, 0.5) is 4.39 Å². The predicted molar refractivity (Wildman–Crippen MR) is 47.7 cm³/mol. The molecule has 0 saturated heterocycles. The summed E-state index contributed by atoms with van der Waals surface area (Å²) < 4.78 is 18.9. The van der Waals surface area contributed by atoms with Gasteiger partial charge < -0.3 is 9.30 Å². The van der Waals surface area contributed by atoms with Crippen LogP contribution in [0.1, 0.15) is 5.56 Å². The fourth-order valence-corrected chi connectivity index (χ4v) is 0.942. The average Bonchev–Trinajstić information content (AvgIpc) is 2.12. The molecule has 0 radical (unpaired) electrons. The van der Waals surface area contributed by atoms with Crippen LogP contribution in [-0.4, -0.2) is 11.7 Å². The van der Waals surface area contributed by atoms with Crippen LogP contribution in [0.25, 0.3) is 5.76 Å². The number of aromatic nitrogens is 1. The highest BCUT2D eigenvalue weighted by Crippen LogP contribution is 2.11. The van der Waals surface area contributed by atoms with Gasteiger partial charge in [0.05, 0.1) is 7.11 Å². The van der Waals surface area contributed by atoms with Gasteiger partial charge in [0.15, 0.2) is 5.82 Å². The van der Waals surface area contributed by atoms with Crippen LogP contribution in [0.15, 0.2) is 23.6 Å². The maximum Gasteiger partial charge on any atom is 0.286 e. The van der Waals surface area contributed by atoms with Crippen molar-refractivity contribution in [2.24, 2.45) is 7.05 Å². The van der Waals surface area contributed by atoms with Crippen LogP contribution >= 0.6 is 0 Å². The largest absolute Gasteiger partial charge is 0.497 e. The molecule has 70 valence electrons. The highest BCUT2D eigenvalue weighted by Gasteiger charge is 2.05. The summed E-state index contributed by atoms with van der Waals surface area (Å²) in [5, 5.41) is 0. The second kappa shape index (κ2) is 3.43. The Morgan fingerprint density at radius 2 is 2.31 bits per heavy atom. The second-order valence-electron chi connectivity index (χ2n) is 2.62. The molecule has 1 heterocycles. The van der Waals surface area contributed by atoms with E-state index in [2.05, 4.69) is 6.58 Å². The molecule has 0 unspecified atom stereocenters. The number of hydrogen-bond donors (Lipinski definition) is 0. The molecule has 13 heavy (non-hydrogen) atoms. The molecule has 3 nitrogen and oxygen atoms in total. The summed E-state index contributed by atoms with van der Waals surface area (Å²) in [6.07, 6.45) is 1.47. The third-order valence-electron chi connectivity index (χ3n) is 1.71. The van der Waals surface area contributed by atoms with Gasteiger partial charge in [0.2, 0.25) is 0 Å². The van der Waals surface area contributed by atoms with Gasteiger partial charge in [0, 0.05) is 18.8 Å². The molecule has 1 aromatic heterocycles. The molecule has 0 N–H and O–H groups in total. The van der Waals surface area contributed by atoms with Gasteiger partial charge in [0.1, 0.15) is 5.76 Å². The van der Waals surface area contributed by atoms with Crippen molar-refractivity contribution in [1.29, 1.82) is 0 Å². The average molecular weight is 183 g/mol. The van der Waals surface area contributed by atoms with Crippen molar-refractivity contribution in [1.82, 2.24) is 4.57 Å². The van der Waals surface area contributed by atoms with E-state index in [0.29, 0.717) is 11.3 Å². The summed E-state index contributed by atoms with van der Waals surface area (Å²) >= 11 is 0. The van der Waals surface area contributed by atoms with E-state index in [4.69, 9.17) is 4.74 Å². The summed E-state index contributed by atoms with van der Waals surface area (Å²) in [4.78, 5) is 10.9. The van der Waals surface area contributed by atoms with Gasteiger partial charge in [-0.2, -0.15) is 0 Å². The number of pyridine rings is 1. The minimum absolute atomic E-state index is 0.328. The van der Waals surface area contributed by atoms with Gasteiger partial charge in [-0.25, -0.2) is 4.39 Å². The Morgan fingerprint density at radius 1 is 1.69 bits per heavy atom. The van der Waals surface area contributed by atoms with Crippen LogP contribution in [0.3, 0.4) is 0 Å². The normalized spacial score (nSPS) is 9.77. The molecule has 0 aliphatic carbocycles. The molecule has 0 amide bonds. The maximum atomic E-state index is 12.9. The van der Waals surface area contributed by atoms with Gasteiger partial charge in [0.25, 0.3) is 5.56 Å². The molecule has 1 rings (SSSR count). The van der Waals surface area contributed by atoms with Gasteiger partial charge in [-0.15, -0.1) is 0 Å². The lowest BCUT2D eigenvalue weighted by atomic mass is 10.2. The standard InChI is InChI=1S/C9H10FNO2/c1-6(13-3)7-4-8(10)9(12)11(2)5-7/h4-5H,1H2,2-3H3. The number of halogens is 1. The molecule has 0 saturated carbocycles. The summed E-state index contributed by atoms with van der Waals surface area (Å²) in [5.41, 5.74) is -0.199. The Bertz CT molecular complexity index is 369. The maximum absolute atomic E-state index is 12.9. The monoisotopic (exact) mass is 183 g/mol. The van der Waals surface area contributed by atoms with Crippen molar-refractivity contribution in [3.05, 3.63) is 40.6 Å². The Balaban J connectivity index is 3.29. The van der Waals surface area contributed by atoms with Crippen LogP contribution in [0.2, 0.25) is 0 Å². The fraction of sp³-hybridized carbons (Fsp3) is 0.222. The van der Waals surface area contributed by atoms with Gasteiger partial charge >= 0.3 is 0 Å². The van der Waals surface area contributed by atoms with E-state index in [1.54, 1.807) is 0 Å². The van der Waals surface area contributed by atoms with Gasteiger partial charge in [-0.3, -0.25) is 4.79 Å². The summed E-state index contributed by atoms with van der Waals surface area (Å²) in [6.45, 7) is 3.55. The lowest BCUT2D eigenvalue weighted by Gasteiger charge is -2.05. The lowest BCUT2D eigenvalue weighted by Crippen LogP contribution is -2.20. The number of aryl methyl sites for hydroxylation is 1. The molecule has 1 aromatic rings. The molecular weight excluding hydrogens is 173 g/mol. The minimum atomic E-state index is -0.807. The topological polar surface area (TPSA) is 31.2 Å². The second-order valence-corrected chi connectivity index (χ2v) is 2.62. The first kappa shape index (κ1) is 9.51. The number of ether oxygens (including phenoxy) is 1. The first-order chi connectivity index (χ1) is 6.06. The summed E-state index contributed by atoms with van der Waals surface area (Å²) in [7, 11) is 2.91. The Kier molecular flexibility index (Phi) is 2.51. The molecule has 0 bridgehead atoms. The van der Waals surface area contributed by atoms with Crippen molar-refractivity contribution < 1.29 is 9.13 Å². The zero-order valence-electron chi connectivity index (χ0n) is 7.50. The third-order valence-corrected chi connectivity index (χ3v) is 1.71. The van der Waals surface area contributed by atoms with Crippen LogP contribution < -0.4 is 5.56 Å². The molecular formula is C9H10FNO2. The first-order valence-electron chi connectivity index (χ1n) is 3.65. The molecule has 0 atom stereocenters. The van der Waals surface area contributed by atoms with Gasteiger partial charge in [-0.1, -0.05) is 6.58 Å². The number of nitrogens with zero attached hydrogens (tertiary/aromatic N) is 1. The lowest BCUT2D eigenvalue weighted by molar-refractivity contribution is 0.370. The van der Waals surface area contributed by atoms with Gasteiger partial charge in [-0.05, 0) is 6.07 Å². The molecule has 0 fully saturated rings. The molecule has 0 spiro atoms. The van der Waals surface area contributed by atoms with Crippen LogP contribution in [0.5, 0.6) is 0 Å². The molecule has 0 aliphatic heterocycles. The number of hydrogen-bond acceptors (Lipinski definition) is 2. The van der Waals surface area contributed by atoms with E-state index in [1.165, 1.54) is 20.4 Å². The highest BCUT2D eigenvalue weighted by atomic mass is 19.1. The predicted octanol–water partition coefficient (Wildman–Crippen LogP) is 1.14.